The molecule has 4 heteroatoms. The minimum absolute atomic E-state index is 0.0548. The molecule has 1 aliphatic rings. The summed E-state index contributed by atoms with van der Waals surface area (Å²) in [5.74, 6) is 1.08. The molecule has 1 aromatic rings. The van der Waals surface area contributed by atoms with Crippen LogP contribution in [0.4, 0.5) is 0 Å². The van der Waals surface area contributed by atoms with Gasteiger partial charge in [0.05, 0.1) is 12.6 Å². The van der Waals surface area contributed by atoms with Crippen LogP contribution in [0.5, 0.6) is 5.75 Å². The zero-order valence-electron chi connectivity index (χ0n) is 12.0. The highest BCUT2D eigenvalue weighted by molar-refractivity contribution is 5.81. The van der Waals surface area contributed by atoms with E-state index in [1.54, 1.807) is 18.2 Å². The number of nitrogens with zero attached hydrogens (tertiary/aromatic N) is 1. The molecule has 21 heavy (non-hydrogen) atoms. The highest BCUT2D eigenvalue weighted by Gasteiger charge is 2.16. The Balaban J connectivity index is 2.20. The highest BCUT2D eigenvalue weighted by atomic mass is 16.3. The Hall–Kier alpha value is -2.49. The predicted octanol–water partition coefficient (Wildman–Crippen LogP) is 2.67. The van der Waals surface area contributed by atoms with E-state index in [9.17, 15) is 5.11 Å². The third kappa shape index (κ3) is 4.24. The Kier molecular flexibility index (Phi) is 5.21. The average molecular weight is 283 g/mol. The van der Waals surface area contributed by atoms with Gasteiger partial charge in [-0.3, -0.25) is 4.99 Å². The van der Waals surface area contributed by atoms with Gasteiger partial charge in [-0.15, -0.1) is 0 Å². The lowest BCUT2D eigenvalue weighted by Gasteiger charge is -2.21. The number of allylic oxidation sites excluding steroid dienone is 3. The number of benzene rings is 1. The van der Waals surface area contributed by atoms with Gasteiger partial charge in [-0.25, -0.2) is 0 Å². The van der Waals surface area contributed by atoms with Crippen molar-refractivity contribution in [2.45, 2.75) is 12.5 Å². The topological polar surface area (TPSA) is 56.7 Å². The normalized spacial score (nSPS) is 15.8. The molecule has 0 saturated heterocycles. The third-order valence-electron chi connectivity index (χ3n) is 3.31. The molecule has 0 aliphatic carbocycles. The number of rotatable bonds is 6. The fourth-order valence-corrected chi connectivity index (χ4v) is 2.22. The molecular formula is C17H21N3O. The van der Waals surface area contributed by atoms with Gasteiger partial charge in [0.2, 0.25) is 0 Å². The van der Waals surface area contributed by atoms with Crippen molar-refractivity contribution < 1.29 is 5.11 Å². The fourth-order valence-electron chi connectivity index (χ4n) is 2.22. The van der Waals surface area contributed by atoms with Crippen LogP contribution in [-0.4, -0.2) is 24.2 Å². The van der Waals surface area contributed by atoms with Gasteiger partial charge in [0.25, 0.3) is 0 Å². The zero-order valence-corrected chi connectivity index (χ0v) is 12.0. The first-order valence-electron chi connectivity index (χ1n) is 7.00. The van der Waals surface area contributed by atoms with Crippen LogP contribution in [0.2, 0.25) is 0 Å². The SMILES string of the molecule is C=C/C=C(\C=C)CC(NC1=NCCN1)c1ccc(O)cc1. The lowest BCUT2D eigenvalue weighted by atomic mass is 9.98. The smallest absolute Gasteiger partial charge is 0.191 e. The maximum Gasteiger partial charge on any atom is 0.191 e. The Labute approximate surface area is 125 Å². The van der Waals surface area contributed by atoms with Gasteiger partial charge < -0.3 is 15.7 Å². The molecule has 0 radical (unpaired) electrons. The molecular weight excluding hydrogens is 262 g/mol. The van der Waals surface area contributed by atoms with Crippen molar-refractivity contribution in [3.05, 3.63) is 66.8 Å². The monoisotopic (exact) mass is 283 g/mol. The summed E-state index contributed by atoms with van der Waals surface area (Å²) in [6.07, 6.45) is 6.31. The number of phenols is 1. The number of aromatic hydroxyl groups is 1. The fraction of sp³-hybridized carbons (Fsp3) is 0.235. The molecule has 0 saturated carbocycles. The van der Waals surface area contributed by atoms with Gasteiger partial charge in [-0.2, -0.15) is 0 Å². The summed E-state index contributed by atoms with van der Waals surface area (Å²) in [5.41, 5.74) is 2.18. The second-order valence-electron chi connectivity index (χ2n) is 4.83. The molecule has 0 spiro atoms. The minimum Gasteiger partial charge on any atom is -0.508 e. The molecule has 1 unspecified atom stereocenters. The van der Waals surface area contributed by atoms with E-state index in [1.165, 1.54) is 0 Å². The van der Waals surface area contributed by atoms with Crippen LogP contribution in [0.1, 0.15) is 18.0 Å². The minimum atomic E-state index is 0.0548. The van der Waals surface area contributed by atoms with Crippen molar-refractivity contribution >= 4 is 5.96 Å². The van der Waals surface area contributed by atoms with Crippen LogP contribution in [0.3, 0.4) is 0 Å². The largest absolute Gasteiger partial charge is 0.508 e. The number of aliphatic imine (C=N–C) groups is 1. The van der Waals surface area contributed by atoms with Gasteiger partial charge in [0.1, 0.15) is 5.75 Å². The first-order valence-corrected chi connectivity index (χ1v) is 7.00. The van der Waals surface area contributed by atoms with Crippen molar-refractivity contribution in [1.29, 1.82) is 0 Å². The van der Waals surface area contributed by atoms with E-state index < -0.39 is 0 Å². The molecule has 0 fully saturated rings. The van der Waals surface area contributed by atoms with E-state index in [0.717, 1.165) is 36.6 Å². The molecule has 1 aromatic carbocycles. The number of nitrogens with one attached hydrogen (secondary N) is 2. The van der Waals surface area contributed by atoms with Gasteiger partial charge in [0, 0.05) is 6.54 Å². The van der Waals surface area contributed by atoms with Crippen molar-refractivity contribution in [2.24, 2.45) is 4.99 Å². The summed E-state index contributed by atoms with van der Waals surface area (Å²) in [6, 6.07) is 7.27. The molecule has 1 atom stereocenters. The molecule has 1 aliphatic heterocycles. The lowest BCUT2D eigenvalue weighted by molar-refractivity contribution is 0.474. The number of phenolic OH excluding ortho intramolecular Hbond substituents is 1. The number of guanidine groups is 1. The third-order valence-corrected chi connectivity index (χ3v) is 3.31. The van der Waals surface area contributed by atoms with Crippen LogP contribution in [0.15, 0.2) is 66.2 Å². The molecule has 4 nitrogen and oxygen atoms in total. The lowest BCUT2D eigenvalue weighted by Crippen LogP contribution is -2.36. The summed E-state index contributed by atoms with van der Waals surface area (Å²) in [7, 11) is 0. The van der Waals surface area contributed by atoms with Crippen molar-refractivity contribution in [3.8, 4) is 5.75 Å². The van der Waals surface area contributed by atoms with Crippen LogP contribution < -0.4 is 10.6 Å². The van der Waals surface area contributed by atoms with Crippen LogP contribution >= 0.6 is 0 Å². The Morgan fingerprint density at radius 3 is 2.71 bits per heavy atom. The Morgan fingerprint density at radius 1 is 1.38 bits per heavy atom. The van der Waals surface area contributed by atoms with E-state index in [0.29, 0.717) is 0 Å². The van der Waals surface area contributed by atoms with E-state index in [1.807, 2.05) is 24.3 Å². The summed E-state index contributed by atoms with van der Waals surface area (Å²) in [5, 5.41) is 16.1. The van der Waals surface area contributed by atoms with Gasteiger partial charge >= 0.3 is 0 Å². The zero-order chi connectivity index (χ0) is 15.1. The molecule has 2 rings (SSSR count). The molecule has 0 amide bonds. The maximum absolute atomic E-state index is 9.44. The molecule has 0 bridgehead atoms. The quantitative estimate of drug-likeness (QED) is 0.704. The summed E-state index contributed by atoms with van der Waals surface area (Å²) < 4.78 is 0. The average Bonchev–Trinajstić information content (AvgIpc) is 2.99. The van der Waals surface area contributed by atoms with Crippen LogP contribution in [-0.2, 0) is 0 Å². The Morgan fingerprint density at radius 2 is 2.14 bits per heavy atom. The van der Waals surface area contributed by atoms with E-state index in [-0.39, 0.29) is 11.8 Å². The summed E-state index contributed by atoms with van der Waals surface area (Å²) in [4.78, 5) is 4.38. The first-order chi connectivity index (χ1) is 10.2. The van der Waals surface area contributed by atoms with Crippen molar-refractivity contribution in [1.82, 2.24) is 10.6 Å². The number of hydrogen-bond donors (Lipinski definition) is 3. The molecule has 1 heterocycles. The first kappa shape index (κ1) is 14.9. The standard InChI is InChI=1S/C17H21N3O/c1-3-5-13(4-2)12-16(20-17-18-10-11-19-17)14-6-8-15(21)9-7-14/h3-9,16,21H,1-2,10-12H2,(H2,18,19,20)/b13-5+. The maximum atomic E-state index is 9.44. The van der Waals surface area contributed by atoms with Crippen LogP contribution in [0, 0.1) is 0 Å². The van der Waals surface area contributed by atoms with Crippen molar-refractivity contribution in [2.75, 3.05) is 13.1 Å². The van der Waals surface area contributed by atoms with Crippen molar-refractivity contribution in [3.63, 3.8) is 0 Å². The molecule has 0 aromatic heterocycles. The Bertz CT molecular complexity index is 558. The second kappa shape index (κ2) is 7.33. The van der Waals surface area contributed by atoms with Gasteiger partial charge in [0.15, 0.2) is 5.96 Å². The summed E-state index contributed by atoms with van der Waals surface area (Å²) >= 11 is 0. The molecule has 3 N–H and O–H groups in total. The second-order valence-corrected chi connectivity index (χ2v) is 4.83. The summed E-state index contributed by atoms with van der Waals surface area (Å²) in [6.45, 7) is 9.23. The van der Waals surface area contributed by atoms with Crippen LogP contribution in [0.25, 0.3) is 0 Å². The highest BCUT2D eigenvalue weighted by Crippen LogP contribution is 2.23. The van der Waals surface area contributed by atoms with Gasteiger partial charge in [-0.05, 0) is 29.7 Å². The van der Waals surface area contributed by atoms with Gasteiger partial charge in [-0.1, -0.05) is 43.5 Å². The molecule has 110 valence electrons. The predicted molar refractivity (Wildman–Crippen MR) is 87.4 cm³/mol. The number of hydrogen-bond acceptors (Lipinski definition) is 4. The van der Waals surface area contributed by atoms with E-state index in [2.05, 4.69) is 28.8 Å². The van der Waals surface area contributed by atoms with E-state index in [4.69, 9.17) is 0 Å². The van der Waals surface area contributed by atoms with E-state index >= 15 is 0 Å².